The van der Waals surface area contributed by atoms with Crippen LogP contribution in [-0.2, 0) is 10.0 Å². The number of sulfonamides is 1. The van der Waals surface area contributed by atoms with Crippen LogP contribution >= 0.6 is 0 Å². The molecule has 0 unspecified atom stereocenters. The van der Waals surface area contributed by atoms with E-state index in [2.05, 4.69) is 14.9 Å². The average Bonchev–Trinajstić information content (AvgIpc) is 2.87. The van der Waals surface area contributed by atoms with Crippen LogP contribution in [-0.4, -0.2) is 29.7 Å². The summed E-state index contributed by atoms with van der Waals surface area (Å²) in [7, 11) is -3.94. The summed E-state index contributed by atoms with van der Waals surface area (Å²) in [5, 5.41) is 15.3. The van der Waals surface area contributed by atoms with Crippen molar-refractivity contribution in [3.63, 3.8) is 0 Å². The molecular weight excluding hydrogens is 286 g/mol. The number of furan rings is 1. The Labute approximate surface area is 114 Å². The van der Waals surface area contributed by atoms with Crippen LogP contribution in [0.5, 0.6) is 0 Å². The second-order valence-electron chi connectivity index (χ2n) is 4.25. The van der Waals surface area contributed by atoms with Crippen molar-refractivity contribution in [3.05, 3.63) is 29.0 Å². The molecule has 0 aliphatic heterocycles. The van der Waals surface area contributed by atoms with Crippen LogP contribution in [0.1, 0.15) is 27.7 Å². The summed E-state index contributed by atoms with van der Waals surface area (Å²) in [6.07, 6.45) is 0. The van der Waals surface area contributed by atoms with Crippen molar-refractivity contribution in [2.24, 2.45) is 0 Å². The fraction of sp³-hybridized carbons (Fsp3) is 0.273. The maximum absolute atomic E-state index is 12.3. The van der Waals surface area contributed by atoms with Crippen LogP contribution in [0.2, 0.25) is 0 Å². The third-order valence-corrected chi connectivity index (χ3v) is 4.19. The zero-order chi connectivity index (χ0) is 15.1. The van der Waals surface area contributed by atoms with E-state index < -0.39 is 21.8 Å². The Hall–Kier alpha value is -2.29. The first kappa shape index (κ1) is 14.1. The Morgan fingerprint density at radius 2 is 2.05 bits per heavy atom. The molecule has 0 amide bonds. The van der Waals surface area contributed by atoms with E-state index in [0.717, 1.165) is 6.07 Å². The largest absolute Gasteiger partial charge is 0.475 e. The van der Waals surface area contributed by atoms with Gasteiger partial charge in [0.05, 0.1) is 17.1 Å². The van der Waals surface area contributed by atoms with Crippen LogP contribution in [0.3, 0.4) is 0 Å². The highest BCUT2D eigenvalue weighted by molar-refractivity contribution is 7.92. The lowest BCUT2D eigenvalue weighted by Crippen LogP contribution is -2.14. The van der Waals surface area contributed by atoms with Gasteiger partial charge in [-0.3, -0.25) is 9.82 Å². The molecule has 0 aromatic carbocycles. The number of anilines is 1. The second kappa shape index (κ2) is 4.67. The van der Waals surface area contributed by atoms with Gasteiger partial charge in [0.1, 0.15) is 10.7 Å². The normalized spacial score (nSPS) is 11.6. The standard InChI is InChI=1S/C11H13N3O5S/c1-5-10(6(2)13-12-5)14-20(17,18)9-4-8(11(15)16)19-7(9)3/h4,14H,1-3H3,(H,12,13)(H,15,16). The van der Waals surface area contributed by atoms with Crippen LogP contribution in [0.4, 0.5) is 5.69 Å². The van der Waals surface area contributed by atoms with Crippen molar-refractivity contribution in [2.45, 2.75) is 25.7 Å². The number of aromatic carboxylic acids is 1. The number of hydrogen-bond donors (Lipinski definition) is 3. The third-order valence-electron chi connectivity index (χ3n) is 2.74. The highest BCUT2D eigenvalue weighted by Crippen LogP contribution is 2.25. The Kier molecular flexibility index (Phi) is 3.30. The van der Waals surface area contributed by atoms with Gasteiger partial charge in [-0.2, -0.15) is 5.10 Å². The summed E-state index contributed by atoms with van der Waals surface area (Å²) < 4.78 is 31.8. The SMILES string of the molecule is Cc1n[nH]c(C)c1NS(=O)(=O)c1cc(C(=O)O)oc1C. The molecule has 2 aromatic heterocycles. The van der Waals surface area contributed by atoms with E-state index in [1.807, 2.05) is 0 Å². The summed E-state index contributed by atoms with van der Waals surface area (Å²) >= 11 is 0. The summed E-state index contributed by atoms with van der Waals surface area (Å²) in [6.45, 7) is 4.70. The van der Waals surface area contributed by atoms with Crippen LogP contribution in [0.25, 0.3) is 0 Å². The number of nitrogens with zero attached hydrogens (tertiary/aromatic N) is 1. The molecule has 0 atom stereocenters. The quantitative estimate of drug-likeness (QED) is 0.784. The molecule has 20 heavy (non-hydrogen) atoms. The molecule has 0 aliphatic carbocycles. The minimum Gasteiger partial charge on any atom is -0.475 e. The molecule has 8 nitrogen and oxygen atoms in total. The summed E-state index contributed by atoms with van der Waals surface area (Å²) in [4.78, 5) is 10.6. The Balaban J connectivity index is 2.43. The van der Waals surface area contributed by atoms with Gasteiger partial charge < -0.3 is 9.52 Å². The molecule has 0 radical (unpaired) electrons. The molecule has 3 N–H and O–H groups in total. The Bertz CT molecular complexity index is 753. The summed E-state index contributed by atoms with van der Waals surface area (Å²) in [5.74, 6) is -1.75. The molecule has 0 saturated heterocycles. The number of nitrogens with one attached hydrogen (secondary N) is 2. The van der Waals surface area contributed by atoms with Gasteiger partial charge in [0.15, 0.2) is 0 Å². The number of carboxylic acids is 1. The smallest absolute Gasteiger partial charge is 0.371 e. The van der Waals surface area contributed by atoms with E-state index in [0.29, 0.717) is 17.1 Å². The predicted molar refractivity (Wildman–Crippen MR) is 69.3 cm³/mol. The number of aromatic amines is 1. The van der Waals surface area contributed by atoms with E-state index in [-0.39, 0.29) is 10.7 Å². The first-order chi connectivity index (χ1) is 9.22. The lowest BCUT2D eigenvalue weighted by Gasteiger charge is -2.06. The number of H-pyrrole nitrogens is 1. The van der Waals surface area contributed by atoms with Gasteiger partial charge in [0.2, 0.25) is 5.76 Å². The fourth-order valence-electron chi connectivity index (χ4n) is 1.73. The third kappa shape index (κ3) is 2.39. The van der Waals surface area contributed by atoms with Gasteiger partial charge >= 0.3 is 5.97 Å². The highest BCUT2D eigenvalue weighted by atomic mass is 32.2. The molecule has 0 fully saturated rings. The molecule has 2 heterocycles. The maximum atomic E-state index is 12.3. The first-order valence-electron chi connectivity index (χ1n) is 5.60. The van der Waals surface area contributed by atoms with Crippen LogP contribution in [0, 0.1) is 20.8 Å². The number of aromatic nitrogens is 2. The van der Waals surface area contributed by atoms with Crippen molar-refractivity contribution >= 4 is 21.7 Å². The number of aryl methyl sites for hydroxylation is 3. The molecule has 2 aromatic rings. The number of hydrogen-bond acceptors (Lipinski definition) is 5. The van der Waals surface area contributed by atoms with Gasteiger partial charge in [-0.1, -0.05) is 0 Å². The van der Waals surface area contributed by atoms with Crippen molar-refractivity contribution in [1.82, 2.24) is 10.2 Å². The minimum absolute atomic E-state index is 0.00806. The molecule has 108 valence electrons. The molecule has 9 heteroatoms. The predicted octanol–water partition coefficient (Wildman–Crippen LogP) is 1.43. The zero-order valence-electron chi connectivity index (χ0n) is 11.0. The highest BCUT2D eigenvalue weighted by Gasteiger charge is 2.25. The maximum Gasteiger partial charge on any atom is 0.371 e. The zero-order valence-corrected chi connectivity index (χ0v) is 11.8. The second-order valence-corrected chi connectivity index (χ2v) is 5.90. The molecule has 0 spiro atoms. The topological polar surface area (TPSA) is 125 Å². The van der Waals surface area contributed by atoms with Gasteiger partial charge in [0.25, 0.3) is 10.0 Å². The van der Waals surface area contributed by atoms with Crippen molar-refractivity contribution < 1.29 is 22.7 Å². The lowest BCUT2D eigenvalue weighted by atomic mass is 10.3. The fourth-order valence-corrected chi connectivity index (χ4v) is 3.09. The van der Waals surface area contributed by atoms with Gasteiger partial charge in [-0.15, -0.1) is 0 Å². The van der Waals surface area contributed by atoms with Crippen LogP contribution in [0.15, 0.2) is 15.4 Å². The van der Waals surface area contributed by atoms with Gasteiger partial charge in [0, 0.05) is 6.07 Å². The van der Waals surface area contributed by atoms with E-state index in [1.54, 1.807) is 13.8 Å². The minimum atomic E-state index is -3.94. The molecule has 2 rings (SSSR count). The average molecular weight is 299 g/mol. The number of carbonyl (C=O) groups is 1. The molecule has 0 saturated carbocycles. The van der Waals surface area contributed by atoms with Crippen LogP contribution < -0.4 is 4.72 Å². The first-order valence-corrected chi connectivity index (χ1v) is 7.09. The van der Waals surface area contributed by atoms with E-state index in [9.17, 15) is 13.2 Å². The lowest BCUT2D eigenvalue weighted by molar-refractivity contribution is 0.0661. The number of rotatable bonds is 4. The number of carboxylic acid groups (broad SMARTS) is 1. The Morgan fingerprint density at radius 3 is 2.50 bits per heavy atom. The van der Waals surface area contributed by atoms with E-state index >= 15 is 0 Å². The summed E-state index contributed by atoms with van der Waals surface area (Å²) in [6, 6.07) is 0.977. The van der Waals surface area contributed by atoms with Crippen molar-refractivity contribution in [1.29, 1.82) is 0 Å². The molecular formula is C11H13N3O5S. The monoisotopic (exact) mass is 299 g/mol. The van der Waals surface area contributed by atoms with E-state index in [1.165, 1.54) is 6.92 Å². The Morgan fingerprint density at radius 1 is 1.40 bits per heavy atom. The summed E-state index contributed by atoms with van der Waals surface area (Å²) in [5.41, 5.74) is 1.39. The van der Waals surface area contributed by atoms with Crippen molar-refractivity contribution in [3.8, 4) is 0 Å². The molecule has 0 bridgehead atoms. The van der Waals surface area contributed by atoms with E-state index in [4.69, 9.17) is 9.52 Å². The van der Waals surface area contributed by atoms with Gasteiger partial charge in [-0.05, 0) is 20.8 Å². The van der Waals surface area contributed by atoms with Gasteiger partial charge in [-0.25, -0.2) is 13.2 Å². The van der Waals surface area contributed by atoms with Crippen molar-refractivity contribution in [2.75, 3.05) is 4.72 Å². The molecule has 0 aliphatic rings.